The Labute approximate surface area is 133 Å². The van der Waals surface area contributed by atoms with E-state index in [-0.39, 0.29) is 5.02 Å². The predicted molar refractivity (Wildman–Crippen MR) is 82.7 cm³/mol. The largest absolute Gasteiger partial charge is 0.381 e. The van der Waals surface area contributed by atoms with Crippen LogP contribution in [-0.4, -0.2) is 28.6 Å². The number of ether oxygens (including phenoxy) is 1. The summed E-state index contributed by atoms with van der Waals surface area (Å²) in [5.74, 6) is 1.53. The van der Waals surface area contributed by atoms with E-state index >= 15 is 0 Å². The molecular weight excluding hydrogens is 314 g/mol. The Morgan fingerprint density at radius 1 is 1.43 bits per heavy atom. The van der Waals surface area contributed by atoms with Crippen molar-refractivity contribution in [1.29, 1.82) is 0 Å². The average molecular weight is 331 g/mol. The maximum absolute atomic E-state index is 13.6. The van der Waals surface area contributed by atoms with Crippen molar-refractivity contribution in [3.8, 4) is 0 Å². The standard InChI is InChI=1S/C15H17Cl2FN2O/c16-4-1-15-19-13-8-12(18)11(17)7-14(13)20(15)5-2-10-3-6-21-9-10/h7-8,10H,1-6,9H2. The highest BCUT2D eigenvalue weighted by Crippen LogP contribution is 2.26. The van der Waals surface area contributed by atoms with Crippen LogP contribution in [0.15, 0.2) is 12.1 Å². The maximum Gasteiger partial charge on any atom is 0.144 e. The molecule has 6 heteroatoms. The van der Waals surface area contributed by atoms with Crippen molar-refractivity contribution in [3.05, 3.63) is 28.8 Å². The molecule has 1 aliphatic heterocycles. The van der Waals surface area contributed by atoms with Gasteiger partial charge in [-0.1, -0.05) is 11.6 Å². The van der Waals surface area contributed by atoms with Gasteiger partial charge >= 0.3 is 0 Å². The summed E-state index contributed by atoms with van der Waals surface area (Å²) in [5.41, 5.74) is 1.51. The number of benzene rings is 1. The van der Waals surface area contributed by atoms with Gasteiger partial charge in [-0.05, 0) is 24.8 Å². The van der Waals surface area contributed by atoms with Gasteiger partial charge < -0.3 is 9.30 Å². The van der Waals surface area contributed by atoms with E-state index in [0.29, 0.717) is 23.7 Å². The van der Waals surface area contributed by atoms with Crippen molar-refractivity contribution in [2.24, 2.45) is 5.92 Å². The molecule has 1 aromatic heterocycles. The topological polar surface area (TPSA) is 27.1 Å². The van der Waals surface area contributed by atoms with E-state index in [1.807, 2.05) is 0 Å². The van der Waals surface area contributed by atoms with Crippen LogP contribution >= 0.6 is 23.2 Å². The van der Waals surface area contributed by atoms with Crippen molar-refractivity contribution in [2.75, 3.05) is 19.1 Å². The number of nitrogens with zero attached hydrogens (tertiary/aromatic N) is 2. The number of hydrogen-bond acceptors (Lipinski definition) is 2. The summed E-state index contributed by atoms with van der Waals surface area (Å²) in [7, 11) is 0. The number of halogens is 3. The fraction of sp³-hybridized carbons (Fsp3) is 0.533. The fourth-order valence-electron chi connectivity index (χ4n) is 2.82. The third kappa shape index (κ3) is 3.17. The van der Waals surface area contributed by atoms with E-state index in [0.717, 1.165) is 43.9 Å². The number of aromatic nitrogens is 2. The molecule has 0 bridgehead atoms. The molecule has 0 aliphatic carbocycles. The Kier molecular flexibility index (Phi) is 4.67. The summed E-state index contributed by atoms with van der Waals surface area (Å²) in [6, 6.07) is 3.05. The summed E-state index contributed by atoms with van der Waals surface area (Å²) in [4.78, 5) is 4.50. The lowest BCUT2D eigenvalue weighted by Crippen LogP contribution is -2.09. The minimum absolute atomic E-state index is 0.130. The lowest BCUT2D eigenvalue weighted by atomic mass is 10.1. The zero-order valence-electron chi connectivity index (χ0n) is 11.6. The molecule has 2 aromatic rings. The van der Waals surface area contributed by atoms with E-state index < -0.39 is 5.82 Å². The van der Waals surface area contributed by atoms with Gasteiger partial charge in [0.15, 0.2) is 0 Å². The summed E-state index contributed by atoms with van der Waals surface area (Å²) in [6.45, 7) is 2.51. The number of fused-ring (bicyclic) bond motifs is 1. The minimum atomic E-state index is -0.435. The van der Waals surface area contributed by atoms with Gasteiger partial charge in [0.25, 0.3) is 0 Å². The molecule has 0 N–H and O–H groups in total. The van der Waals surface area contributed by atoms with Crippen molar-refractivity contribution >= 4 is 34.2 Å². The molecule has 0 radical (unpaired) electrons. The van der Waals surface area contributed by atoms with Crippen LogP contribution in [-0.2, 0) is 17.7 Å². The number of imidazole rings is 1. The third-order valence-electron chi connectivity index (χ3n) is 3.97. The Hall–Kier alpha value is -0.840. The van der Waals surface area contributed by atoms with Crippen LogP contribution in [0.3, 0.4) is 0 Å². The molecule has 3 nitrogen and oxygen atoms in total. The summed E-state index contributed by atoms with van der Waals surface area (Å²) in [5, 5.41) is 0.130. The highest BCUT2D eigenvalue weighted by Gasteiger charge is 2.18. The summed E-state index contributed by atoms with van der Waals surface area (Å²) >= 11 is 11.8. The lowest BCUT2D eigenvalue weighted by Gasteiger charge is -2.12. The Bertz CT molecular complexity index is 638. The SMILES string of the molecule is Fc1cc2nc(CCCl)n(CCC3CCOC3)c2cc1Cl. The van der Waals surface area contributed by atoms with Crippen LogP contribution in [0.4, 0.5) is 4.39 Å². The lowest BCUT2D eigenvalue weighted by molar-refractivity contribution is 0.183. The molecule has 1 atom stereocenters. The van der Waals surface area contributed by atoms with Gasteiger partial charge in [-0.15, -0.1) is 11.6 Å². The molecule has 1 aliphatic rings. The van der Waals surface area contributed by atoms with Gasteiger partial charge in [-0.3, -0.25) is 0 Å². The molecule has 1 fully saturated rings. The smallest absolute Gasteiger partial charge is 0.144 e. The van der Waals surface area contributed by atoms with E-state index in [1.54, 1.807) is 6.07 Å². The van der Waals surface area contributed by atoms with Crippen LogP contribution < -0.4 is 0 Å². The average Bonchev–Trinajstić information content (AvgIpc) is 3.06. The van der Waals surface area contributed by atoms with Gasteiger partial charge in [0, 0.05) is 38.1 Å². The number of rotatable bonds is 5. The quantitative estimate of drug-likeness (QED) is 0.773. The van der Waals surface area contributed by atoms with Crippen LogP contribution in [0, 0.1) is 11.7 Å². The molecule has 114 valence electrons. The molecule has 0 saturated carbocycles. The second-order valence-corrected chi connectivity index (χ2v) is 6.18. The van der Waals surface area contributed by atoms with Gasteiger partial charge in [0.05, 0.1) is 16.1 Å². The van der Waals surface area contributed by atoms with E-state index in [9.17, 15) is 4.39 Å². The Morgan fingerprint density at radius 2 is 2.29 bits per heavy atom. The molecular formula is C15H17Cl2FN2O. The molecule has 3 rings (SSSR count). The van der Waals surface area contributed by atoms with Crippen LogP contribution in [0.5, 0.6) is 0 Å². The molecule has 1 saturated heterocycles. The van der Waals surface area contributed by atoms with Gasteiger partial charge in [0.1, 0.15) is 11.6 Å². The van der Waals surface area contributed by atoms with Crippen LogP contribution in [0.25, 0.3) is 11.0 Å². The number of alkyl halides is 1. The number of aryl methyl sites for hydroxylation is 2. The Morgan fingerprint density at radius 3 is 3.00 bits per heavy atom. The van der Waals surface area contributed by atoms with Gasteiger partial charge in [-0.25, -0.2) is 9.37 Å². The normalized spacial score (nSPS) is 18.7. The van der Waals surface area contributed by atoms with Crippen LogP contribution in [0.1, 0.15) is 18.7 Å². The monoisotopic (exact) mass is 330 g/mol. The van der Waals surface area contributed by atoms with Crippen molar-refractivity contribution in [2.45, 2.75) is 25.8 Å². The molecule has 0 amide bonds. The Balaban J connectivity index is 1.92. The van der Waals surface area contributed by atoms with Crippen molar-refractivity contribution in [1.82, 2.24) is 9.55 Å². The first-order valence-corrected chi connectivity index (χ1v) is 8.08. The minimum Gasteiger partial charge on any atom is -0.381 e. The maximum atomic E-state index is 13.6. The number of hydrogen-bond donors (Lipinski definition) is 0. The highest BCUT2D eigenvalue weighted by molar-refractivity contribution is 6.31. The first-order valence-electron chi connectivity index (χ1n) is 7.17. The highest BCUT2D eigenvalue weighted by atomic mass is 35.5. The first kappa shape index (κ1) is 15.1. The van der Waals surface area contributed by atoms with Gasteiger partial charge in [0.2, 0.25) is 0 Å². The van der Waals surface area contributed by atoms with E-state index in [4.69, 9.17) is 27.9 Å². The molecule has 1 aromatic carbocycles. The van der Waals surface area contributed by atoms with Crippen LogP contribution in [0.2, 0.25) is 5.02 Å². The zero-order chi connectivity index (χ0) is 14.8. The molecule has 1 unspecified atom stereocenters. The van der Waals surface area contributed by atoms with Crippen molar-refractivity contribution in [3.63, 3.8) is 0 Å². The second-order valence-electron chi connectivity index (χ2n) is 5.39. The summed E-state index contributed by atoms with van der Waals surface area (Å²) < 4.78 is 21.1. The molecule has 2 heterocycles. The third-order valence-corrected chi connectivity index (χ3v) is 4.45. The zero-order valence-corrected chi connectivity index (χ0v) is 13.1. The van der Waals surface area contributed by atoms with Crippen molar-refractivity contribution < 1.29 is 9.13 Å². The first-order chi connectivity index (χ1) is 10.2. The van der Waals surface area contributed by atoms with E-state index in [1.165, 1.54) is 6.07 Å². The molecule has 21 heavy (non-hydrogen) atoms. The fourth-order valence-corrected chi connectivity index (χ4v) is 3.14. The molecule has 0 spiro atoms. The van der Waals surface area contributed by atoms with Gasteiger partial charge in [-0.2, -0.15) is 0 Å². The van der Waals surface area contributed by atoms with E-state index in [2.05, 4.69) is 9.55 Å². The predicted octanol–water partition coefficient (Wildman–Crippen LogP) is 4.04. The summed E-state index contributed by atoms with van der Waals surface area (Å²) in [6.07, 6.45) is 2.79. The second kappa shape index (κ2) is 6.51.